The van der Waals surface area contributed by atoms with Crippen molar-refractivity contribution in [2.75, 3.05) is 13.2 Å². The summed E-state index contributed by atoms with van der Waals surface area (Å²) in [7, 11) is 0. The van der Waals surface area contributed by atoms with Gasteiger partial charge in [0, 0.05) is 0 Å². The van der Waals surface area contributed by atoms with Crippen LogP contribution >= 0.6 is 11.3 Å². The molecular weight excluding hydrogens is 166 g/mol. The highest BCUT2D eigenvalue weighted by Crippen LogP contribution is 2.15. The van der Waals surface area contributed by atoms with Crippen LogP contribution in [0.1, 0.15) is 0 Å². The van der Waals surface area contributed by atoms with Gasteiger partial charge in [0.1, 0.15) is 12.7 Å². The SMILES string of the molecule is OC[C@@H](O)COc1cncs1. The van der Waals surface area contributed by atoms with E-state index in [0.29, 0.717) is 5.06 Å². The number of thiazole rings is 1. The molecule has 0 aliphatic rings. The summed E-state index contributed by atoms with van der Waals surface area (Å²) in [5.74, 6) is 0. The summed E-state index contributed by atoms with van der Waals surface area (Å²) >= 11 is 1.35. The van der Waals surface area contributed by atoms with Crippen LogP contribution in [0.4, 0.5) is 0 Å². The maximum atomic E-state index is 8.87. The number of nitrogens with zero attached hydrogens (tertiary/aromatic N) is 1. The molecule has 0 amide bonds. The molecule has 0 aromatic carbocycles. The van der Waals surface area contributed by atoms with Gasteiger partial charge in [0.05, 0.1) is 18.3 Å². The molecule has 0 bridgehead atoms. The molecule has 0 radical (unpaired) electrons. The molecule has 0 fully saturated rings. The number of hydrogen-bond donors (Lipinski definition) is 2. The summed E-state index contributed by atoms with van der Waals surface area (Å²) in [4.78, 5) is 3.78. The lowest BCUT2D eigenvalue weighted by Gasteiger charge is -2.06. The van der Waals surface area contributed by atoms with Gasteiger partial charge in [-0.2, -0.15) is 0 Å². The van der Waals surface area contributed by atoms with E-state index < -0.39 is 6.10 Å². The van der Waals surface area contributed by atoms with E-state index in [1.807, 2.05) is 0 Å². The zero-order valence-electron chi connectivity index (χ0n) is 5.80. The van der Waals surface area contributed by atoms with Crippen molar-refractivity contribution in [3.8, 4) is 5.06 Å². The first kappa shape index (κ1) is 8.45. The molecule has 0 spiro atoms. The van der Waals surface area contributed by atoms with E-state index >= 15 is 0 Å². The third-order valence-electron chi connectivity index (χ3n) is 1.04. The minimum atomic E-state index is -0.808. The van der Waals surface area contributed by atoms with Crippen LogP contribution in [0.15, 0.2) is 11.7 Å². The number of ether oxygens (including phenoxy) is 1. The van der Waals surface area contributed by atoms with E-state index in [1.54, 1.807) is 11.7 Å². The van der Waals surface area contributed by atoms with Gasteiger partial charge in [0.2, 0.25) is 0 Å². The zero-order valence-corrected chi connectivity index (χ0v) is 6.62. The van der Waals surface area contributed by atoms with Crippen LogP contribution in [0.2, 0.25) is 0 Å². The monoisotopic (exact) mass is 175 g/mol. The van der Waals surface area contributed by atoms with Gasteiger partial charge < -0.3 is 14.9 Å². The first-order chi connectivity index (χ1) is 5.33. The Labute approximate surface area is 68.1 Å². The minimum Gasteiger partial charge on any atom is -0.480 e. The lowest BCUT2D eigenvalue weighted by Crippen LogP contribution is -2.20. The summed E-state index contributed by atoms with van der Waals surface area (Å²) in [6.45, 7) is -0.169. The Bertz CT molecular complexity index is 190. The Kier molecular flexibility index (Phi) is 3.28. The lowest BCUT2D eigenvalue weighted by atomic mass is 10.4. The zero-order chi connectivity index (χ0) is 8.10. The molecule has 0 unspecified atom stereocenters. The predicted octanol–water partition coefficient (Wildman–Crippen LogP) is -0.125. The third kappa shape index (κ3) is 2.83. The van der Waals surface area contributed by atoms with Gasteiger partial charge in [-0.1, -0.05) is 11.3 Å². The standard InChI is InChI=1S/C6H9NO3S/c8-2-5(9)3-10-6-1-7-4-11-6/h1,4-5,8-9H,2-3H2/t5-/m1/s1. The van der Waals surface area contributed by atoms with Gasteiger partial charge in [-0.3, -0.25) is 0 Å². The van der Waals surface area contributed by atoms with Crippen LogP contribution in [0.25, 0.3) is 0 Å². The highest BCUT2D eigenvalue weighted by Gasteiger charge is 2.02. The van der Waals surface area contributed by atoms with Crippen molar-refractivity contribution in [3.05, 3.63) is 11.7 Å². The van der Waals surface area contributed by atoms with Crippen molar-refractivity contribution in [3.63, 3.8) is 0 Å². The lowest BCUT2D eigenvalue weighted by molar-refractivity contribution is 0.0547. The summed E-state index contributed by atoms with van der Waals surface area (Å²) < 4.78 is 5.04. The average molecular weight is 175 g/mol. The Hall–Kier alpha value is -0.650. The van der Waals surface area contributed by atoms with E-state index in [2.05, 4.69) is 4.98 Å². The van der Waals surface area contributed by atoms with Gasteiger partial charge in [0.15, 0.2) is 5.06 Å². The van der Waals surface area contributed by atoms with Crippen LogP contribution < -0.4 is 4.74 Å². The van der Waals surface area contributed by atoms with Crippen LogP contribution in [0.3, 0.4) is 0 Å². The van der Waals surface area contributed by atoms with Crippen molar-refractivity contribution < 1.29 is 14.9 Å². The van der Waals surface area contributed by atoms with Crippen LogP contribution in [0, 0.1) is 0 Å². The molecule has 11 heavy (non-hydrogen) atoms. The first-order valence-corrected chi connectivity index (χ1v) is 4.01. The normalized spacial score (nSPS) is 12.9. The molecule has 2 N–H and O–H groups in total. The fourth-order valence-corrected chi connectivity index (χ4v) is 0.990. The fourth-order valence-electron chi connectivity index (χ4n) is 0.506. The van der Waals surface area contributed by atoms with Crippen LogP contribution in [0.5, 0.6) is 5.06 Å². The van der Waals surface area contributed by atoms with Gasteiger partial charge in [0.25, 0.3) is 0 Å². The van der Waals surface area contributed by atoms with E-state index in [9.17, 15) is 0 Å². The number of aromatic nitrogens is 1. The smallest absolute Gasteiger partial charge is 0.193 e. The Morgan fingerprint density at radius 2 is 2.55 bits per heavy atom. The molecule has 1 atom stereocenters. The highest BCUT2D eigenvalue weighted by atomic mass is 32.1. The molecule has 1 heterocycles. The van der Waals surface area contributed by atoms with E-state index in [-0.39, 0.29) is 13.2 Å². The van der Waals surface area contributed by atoms with Crippen LogP contribution in [-0.4, -0.2) is 34.5 Å². The van der Waals surface area contributed by atoms with Gasteiger partial charge in [-0.25, -0.2) is 4.98 Å². The quantitative estimate of drug-likeness (QED) is 0.669. The van der Waals surface area contributed by atoms with Crippen LogP contribution in [-0.2, 0) is 0 Å². The largest absolute Gasteiger partial charge is 0.480 e. The van der Waals surface area contributed by atoms with Crippen molar-refractivity contribution in [2.24, 2.45) is 0 Å². The minimum absolute atomic E-state index is 0.110. The van der Waals surface area contributed by atoms with E-state index in [0.717, 1.165) is 0 Å². The molecular formula is C6H9NO3S. The number of hydrogen-bond acceptors (Lipinski definition) is 5. The second-order valence-corrected chi connectivity index (χ2v) is 2.82. The molecule has 1 rings (SSSR count). The molecule has 0 aliphatic heterocycles. The molecule has 62 valence electrons. The summed E-state index contributed by atoms with van der Waals surface area (Å²) in [5, 5.41) is 17.9. The van der Waals surface area contributed by atoms with Gasteiger partial charge in [-0.15, -0.1) is 0 Å². The molecule has 0 saturated carbocycles. The number of aliphatic hydroxyl groups is 2. The summed E-state index contributed by atoms with van der Waals surface area (Å²) in [6.07, 6.45) is 0.756. The Morgan fingerprint density at radius 1 is 1.73 bits per heavy atom. The third-order valence-corrected chi connectivity index (χ3v) is 1.72. The molecule has 1 aromatic rings. The van der Waals surface area contributed by atoms with Crippen molar-refractivity contribution in [2.45, 2.75) is 6.10 Å². The Morgan fingerprint density at radius 3 is 3.09 bits per heavy atom. The first-order valence-electron chi connectivity index (χ1n) is 3.13. The number of rotatable bonds is 4. The van der Waals surface area contributed by atoms with Gasteiger partial charge >= 0.3 is 0 Å². The van der Waals surface area contributed by atoms with Gasteiger partial charge in [-0.05, 0) is 0 Å². The molecule has 0 aliphatic carbocycles. The average Bonchev–Trinajstić information content (AvgIpc) is 2.52. The number of aliphatic hydroxyl groups excluding tert-OH is 2. The maximum Gasteiger partial charge on any atom is 0.193 e. The van der Waals surface area contributed by atoms with E-state index in [4.69, 9.17) is 14.9 Å². The summed E-state index contributed by atoms with van der Waals surface area (Å²) in [6, 6.07) is 0. The maximum absolute atomic E-state index is 8.87. The summed E-state index contributed by atoms with van der Waals surface area (Å²) in [5.41, 5.74) is 1.64. The van der Waals surface area contributed by atoms with Crippen molar-refractivity contribution in [1.82, 2.24) is 4.98 Å². The second-order valence-electron chi connectivity index (χ2n) is 1.97. The topological polar surface area (TPSA) is 62.6 Å². The second kappa shape index (κ2) is 4.27. The highest BCUT2D eigenvalue weighted by molar-refractivity contribution is 7.11. The van der Waals surface area contributed by atoms with Crippen molar-refractivity contribution in [1.29, 1.82) is 0 Å². The molecule has 4 nitrogen and oxygen atoms in total. The fraction of sp³-hybridized carbons (Fsp3) is 0.500. The predicted molar refractivity (Wildman–Crippen MR) is 40.7 cm³/mol. The molecule has 1 aromatic heterocycles. The van der Waals surface area contributed by atoms with Crippen molar-refractivity contribution >= 4 is 11.3 Å². The molecule has 5 heteroatoms. The molecule has 0 saturated heterocycles. The van der Waals surface area contributed by atoms with E-state index in [1.165, 1.54) is 11.3 Å². The Balaban J connectivity index is 2.23.